The maximum atomic E-state index is 9.78. The maximum absolute atomic E-state index is 9.78. The number of ether oxygens (including phenoxy) is 2. The van der Waals surface area contributed by atoms with Crippen molar-refractivity contribution in [3.63, 3.8) is 0 Å². The van der Waals surface area contributed by atoms with Crippen molar-refractivity contribution >= 4 is 0 Å². The van der Waals surface area contributed by atoms with Gasteiger partial charge in [-0.05, 0) is 44.0 Å². The number of methoxy groups -OCH3 is 1. The lowest BCUT2D eigenvalue weighted by atomic mass is 10.2. The molecule has 0 saturated heterocycles. The highest BCUT2D eigenvalue weighted by Gasteiger charge is 2.27. The summed E-state index contributed by atoms with van der Waals surface area (Å²) in [6.45, 7) is 0.794. The molecule has 2 unspecified atom stereocenters. The molecule has 0 heterocycles. The molecule has 4 heteroatoms. The highest BCUT2D eigenvalue weighted by molar-refractivity contribution is 5.43. The summed E-state index contributed by atoms with van der Waals surface area (Å²) in [5.74, 6) is 1.44. The number of benzene rings is 1. The number of rotatable bonds is 5. The summed E-state index contributed by atoms with van der Waals surface area (Å²) in [7, 11) is 3.54. The van der Waals surface area contributed by atoms with Crippen molar-refractivity contribution in [3.8, 4) is 11.5 Å². The monoisotopic (exact) mass is 251 g/mol. The van der Waals surface area contributed by atoms with Gasteiger partial charge in [-0.1, -0.05) is 6.07 Å². The van der Waals surface area contributed by atoms with Crippen molar-refractivity contribution in [1.29, 1.82) is 0 Å². The Kier molecular flexibility index (Phi) is 4.44. The van der Waals surface area contributed by atoms with E-state index in [0.717, 1.165) is 37.1 Å². The van der Waals surface area contributed by atoms with E-state index in [1.807, 2.05) is 25.2 Å². The van der Waals surface area contributed by atoms with Gasteiger partial charge in [0, 0.05) is 6.54 Å². The van der Waals surface area contributed by atoms with Crippen LogP contribution in [0.5, 0.6) is 11.5 Å². The Bertz CT molecular complexity index is 395. The lowest BCUT2D eigenvalue weighted by molar-refractivity contribution is 0.0586. The van der Waals surface area contributed by atoms with Gasteiger partial charge in [-0.2, -0.15) is 0 Å². The fraction of sp³-hybridized carbons (Fsp3) is 0.571. The van der Waals surface area contributed by atoms with E-state index in [4.69, 9.17) is 9.47 Å². The Balaban J connectivity index is 2.11. The van der Waals surface area contributed by atoms with Crippen molar-refractivity contribution in [3.05, 3.63) is 23.8 Å². The molecular weight excluding hydrogens is 230 g/mol. The summed E-state index contributed by atoms with van der Waals surface area (Å²) in [5, 5.41) is 12.9. The van der Waals surface area contributed by atoms with Crippen molar-refractivity contribution in [2.45, 2.75) is 38.0 Å². The van der Waals surface area contributed by atoms with Crippen LogP contribution < -0.4 is 14.8 Å². The molecule has 1 saturated carbocycles. The molecule has 4 nitrogen and oxygen atoms in total. The van der Waals surface area contributed by atoms with Gasteiger partial charge in [-0.15, -0.1) is 0 Å². The molecule has 2 N–H and O–H groups in total. The molecule has 0 radical (unpaired) electrons. The number of nitrogens with one attached hydrogen (secondary N) is 1. The molecule has 1 aromatic rings. The molecule has 2 atom stereocenters. The van der Waals surface area contributed by atoms with Crippen molar-refractivity contribution in [2.75, 3.05) is 14.2 Å². The van der Waals surface area contributed by atoms with Crippen LogP contribution in [-0.4, -0.2) is 31.5 Å². The summed E-state index contributed by atoms with van der Waals surface area (Å²) in [5.41, 5.74) is 1.15. The fourth-order valence-corrected chi connectivity index (χ4v) is 2.33. The number of aliphatic hydroxyl groups excluding tert-OH is 1. The van der Waals surface area contributed by atoms with Gasteiger partial charge in [0.05, 0.1) is 13.2 Å². The first-order chi connectivity index (χ1) is 8.74. The van der Waals surface area contributed by atoms with E-state index < -0.39 is 0 Å². The average Bonchev–Trinajstić information content (AvgIpc) is 2.77. The summed E-state index contributed by atoms with van der Waals surface area (Å²) in [6, 6.07) is 5.89. The molecular formula is C14H21NO3. The molecule has 2 rings (SSSR count). The Hall–Kier alpha value is -1.26. The molecule has 1 aliphatic rings. The van der Waals surface area contributed by atoms with E-state index in [0.29, 0.717) is 5.75 Å². The largest absolute Gasteiger partial charge is 0.493 e. The second-order valence-electron chi connectivity index (χ2n) is 4.67. The van der Waals surface area contributed by atoms with E-state index >= 15 is 0 Å². The van der Waals surface area contributed by atoms with E-state index in [1.165, 1.54) is 0 Å². The molecule has 18 heavy (non-hydrogen) atoms. The number of hydrogen-bond donors (Lipinski definition) is 2. The molecule has 100 valence electrons. The predicted molar refractivity (Wildman–Crippen MR) is 70.0 cm³/mol. The Labute approximate surface area is 108 Å². The predicted octanol–water partition coefficient (Wildman–Crippen LogP) is 1.71. The third kappa shape index (κ3) is 2.94. The van der Waals surface area contributed by atoms with E-state index in [-0.39, 0.29) is 12.2 Å². The molecule has 0 bridgehead atoms. The van der Waals surface area contributed by atoms with Gasteiger partial charge in [0.25, 0.3) is 0 Å². The van der Waals surface area contributed by atoms with Crippen LogP contribution in [0.25, 0.3) is 0 Å². The van der Waals surface area contributed by atoms with Gasteiger partial charge >= 0.3 is 0 Å². The SMILES string of the molecule is CNCc1ccc(OC2CCCC2O)c(OC)c1. The molecule has 0 spiro atoms. The molecule has 1 aliphatic carbocycles. The molecule has 0 aliphatic heterocycles. The topological polar surface area (TPSA) is 50.7 Å². The summed E-state index contributed by atoms with van der Waals surface area (Å²) >= 11 is 0. The minimum absolute atomic E-state index is 0.103. The molecule has 0 aromatic heterocycles. The molecule has 0 amide bonds. The third-order valence-corrected chi connectivity index (χ3v) is 3.30. The van der Waals surface area contributed by atoms with E-state index in [2.05, 4.69) is 5.32 Å². The second-order valence-corrected chi connectivity index (χ2v) is 4.67. The van der Waals surface area contributed by atoms with Crippen LogP contribution in [-0.2, 0) is 6.54 Å². The lowest BCUT2D eigenvalue weighted by Crippen LogP contribution is -2.25. The second kappa shape index (κ2) is 6.07. The summed E-state index contributed by atoms with van der Waals surface area (Å²) in [6.07, 6.45) is 2.29. The standard InChI is InChI=1S/C14H21NO3/c1-15-9-10-6-7-13(14(8-10)17-2)18-12-5-3-4-11(12)16/h6-8,11-12,15-16H,3-5,9H2,1-2H3. The fourth-order valence-electron chi connectivity index (χ4n) is 2.33. The van der Waals surface area contributed by atoms with Crippen LogP contribution in [0.3, 0.4) is 0 Å². The van der Waals surface area contributed by atoms with Gasteiger partial charge in [0.2, 0.25) is 0 Å². The van der Waals surface area contributed by atoms with Crippen LogP contribution >= 0.6 is 0 Å². The van der Waals surface area contributed by atoms with Gasteiger partial charge in [0.15, 0.2) is 11.5 Å². The number of hydrogen-bond acceptors (Lipinski definition) is 4. The normalized spacial score (nSPS) is 23.1. The van der Waals surface area contributed by atoms with E-state index in [1.54, 1.807) is 7.11 Å². The first-order valence-electron chi connectivity index (χ1n) is 6.41. The van der Waals surface area contributed by atoms with E-state index in [9.17, 15) is 5.11 Å². The molecule has 1 aromatic carbocycles. The van der Waals surface area contributed by atoms with Gasteiger partial charge < -0.3 is 19.9 Å². The van der Waals surface area contributed by atoms with Crippen LogP contribution in [0.1, 0.15) is 24.8 Å². The van der Waals surface area contributed by atoms with Crippen molar-refractivity contribution in [1.82, 2.24) is 5.32 Å². The minimum Gasteiger partial charge on any atom is -0.493 e. The van der Waals surface area contributed by atoms with Crippen LogP contribution in [0.15, 0.2) is 18.2 Å². The summed E-state index contributed by atoms with van der Waals surface area (Å²) < 4.78 is 11.2. The molecule has 1 fully saturated rings. The minimum atomic E-state index is -0.355. The Morgan fingerprint density at radius 3 is 2.78 bits per heavy atom. The quantitative estimate of drug-likeness (QED) is 0.836. The highest BCUT2D eigenvalue weighted by Crippen LogP contribution is 2.32. The zero-order valence-electron chi connectivity index (χ0n) is 11.0. The average molecular weight is 251 g/mol. The van der Waals surface area contributed by atoms with Crippen molar-refractivity contribution in [2.24, 2.45) is 0 Å². The van der Waals surface area contributed by atoms with Gasteiger partial charge in [-0.3, -0.25) is 0 Å². The van der Waals surface area contributed by atoms with Gasteiger partial charge in [-0.25, -0.2) is 0 Å². The first kappa shape index (κ1) is 13.2. The smallest absolute Gasteiger partial charge is 0.161 e. The highest BCUT2D eigenvalue weighted by atomic mass is 16.5. The van der Waals surface area contributed by atoms with Crippen molar-refractivity contribution < 1.29 is 14.6 Å². The van der Waals surface area contributed by atoms with Crippen LogP contribution in [0.4, 0.5) is 0 Å². The van der Waals surface area contributed by atoms with Gasteiger partial charge in [0.1, 0.15) is 6.10 Å². The zero-order chi connectivity index (χ0) is 13.0. The van der Waals surface area contributed by atoms with Crippen LogP contribution in [0.2, 0.25) is 0 Å². The maximum Gasteiger partial charge on any atom is 0.161 e. The number of aliphatic hydroxyl groups is 1. The first-order valence-corrected chi connectivity index (χ1v) is 6.41. The van der Waals surface area contributed by atoms with Crippen LogP contribution in [0, 0.1) is 0 Å². The third-order valence-electron chi connectivity index (χ3n) is 3.30. The zero-order valence-corrected chi connectivity index (χ0v) is 11.0. The Morgan fingerprint density at radius 2 is 2.17 bits per heavy atom. The lowest BCUT2D eigenvalue weighted by Gasteiger charge is -2.19. The summed E-state index contributed by atoms with van der Waals surface area (Å²) in [4.78, 5) is 0. The Morgan fingerprint density at radius 1 is 1.33 bits per heavy atom.